The van der Waals surface area contributed by atoms with E-state index in [-0.39, 0.29) is 0 Å². The maximum Gasteiger partial charge on any atom is 0.707 e. The Kier molecular flexibility index (Phi) is 3.79. The third kappa shape index (κ3) is 2.94. The summed E-state index contributed by atoms with van der Waals surface area (Å²) in [5, 5.41) is 17.2. The van der Waals surface area contributed by atoms with Gasteiger partial charge in [0.05, 0.1) is 6.61 Å². The van der Waals surface area contributed by atoms with E-state index in [1.165, 1.54) is 0 Å². The van der Waals surface area contributed by atoms with E-state index in [0.29, 0.717) is 12.4 Å². The van der Waals surface area contributed by atoms with Gasteiger partial charge >= 0.3 is 7.32 Å². The summed E-state index contributed by atoms with van der Waals surface area (Å²) in [6, 6.07) is 5.13. The number of benzene rings is 1. The average Bonchev–Trinajstić information content (AvgIpc) is 2.10. The number of ether oxygens (including phenoxy) is 1. The minimum atomic E-state index is -1.79. The fourth-order valence-electron chi connectivity index (χ4n) is 1.12. The molecular formula is C9H13BO4. The molecule has 0 unspecified atom stereocenters. The van der Waals surface area contributed by atoms with Crippen LogP contribution in [0.25, 0.3) is 0 Å². The Morgan fingerprint density at radius 3 is 2.57 bits per heavy atom. The molecular weight excluding hydrogens is 183 g/mol. The van der Waals surface area contributed by atoms with Crippen LogP contribution in [0.3, 0.4) is 0 Å². The first kappa shape index (κ1) is 10.9. The summed E-state index contributed by atoms with van der Waals surface area (Å²) in [5.41, 5.74) is 0.795. The summed E-state index contributed by atoms with van der Waals surface area (Å²) in [6.07, 6.45) is 0. The third-order valence-electron chi connectivity index (χ3n) is 1.69. The maximum absolute atomic E-state index is 8.60. The predicted octanol–water partition coefficient (Wildman–Crippen LogP) is 0.742. The lowest BCUT2D eigenvalue weighted by atomic mass is 10.2. The van der Waals surface area contributed by atoms with Gasteiger partial charge in [0.1, 0.15) is 11.5 Å². The van der Waals surface area contributed by atoms with Gasteiger partial charge in [0.25, 0.3) is 0 Å². The van der Waals surface area contributed by atoms with Gasteiger partial charge < -0.3 is 19.4 Å². The second-order valence-corrected chi connectivity index (χ2v) is 2.80. The van der Waals surface area contributed by atoms with Crippen LogP contribution in [0.5, 0.6) is 11.5 Å². The smallest absolute Gasteiger partial charge is 0.512 e. The van der Waals surface area contributed by atoms with E-state index in [1.54, 1.807) is 25.1 Å². The summed E-state index contributed by atoms with van der Waals surface area (Å²) in [4.78, 5) is 0. The molecule has 4 nitrogen and oxygen atoms in total. The highest BCUT2D eigenvalue weighted by Gasteiger charge is 2.12. The summed E-state index contributed by atoms with van der Waals surface area (Å²) < 4.78 is 10.00. The highest BCUT2D eigenvalue weighted by Crippen LogP contribution is 2.23. The molecule has 1 rings (SSSR count). The van der Waals surface area contributed by atoms with Crippen LogP contribution >= 0.6 is 0 Å². The van der Waals surface area contributed by atoms with Crippen molar-refractivity contribution in [2.24, 2.45) is 0 Å². The van der Waals surface area contributed by atoms with E-state index < -0.39 is 7.32 Å². The lowest BCUT2D eigenvalue weighted by Crippen LogP contribution is -2.21. The van der Waals surface area contributed by atoms with Gasteiger partial charge in [0.15, 0.2) is 0 Å². The quantitative estimate of drug-likeness (QED) is 0.697. The third-order valence-corrected chi connectivity index (χ3v) is 1.69. The molecule has 0 radical (unpaired) electrons. The second-order valence-electron chi connectivity index (χ2n) is 2.80. The van der Waals surface area contributed by atoms with Crippen molar-refractivity contribution in [1.29, 1.82) is 0 Å². The van der Waals surface area contributed by atoms with Gasteiger partial charge in [-0.05, 0) is 37.6 Å². The van der Waals surface area contributed by atoms with Crippen molar-refractivity contribution in [2.75, 3.05) is 6.61 Å². The van der Waals surface area contributed by atoms with Gasteiger partial charge in [-0.1, -0.05) is 0 Å². The van der Waals surface area contributed by atoms with Gasteiger partial charge in [-0.2, -0.15) is 0 Å². The number of aryl methyl sites for hydroxylation is 1. The predicted molar refractivity (Wildman–Crippen MR) is 53.2 cm³/mol. The molecule has 0 saturated heterocycles. The van der Waals surface area contributed by atoms with Gasteiger partial charge in [-0.15, -0.1) is 0 Å². The van der Waals surface area contributed by atoms with Crippen LogP contribution in [0.4, 0.5) is 0 Å². The molecule has 0 bridgehead atoms. The van der Waals surface area contributed by atoms with Crippen molar-refractivity contribution in [3.63, 3.8) is 0 Å². The van der Waals surface area contributed by atoms with Crippen LogP contribution in [0, 0.1) is 6.92 Å². The molecule has 0 aromatic heterocycles. The standard InChI is InChI=1S/C9H13BO4/c1-3-13-8-4-5-9(7(2)6-8)14-10(11)12/h4-6,11-12H,3H2,1-2H3. The summed E-state index contributed by atoms with van der Waals surface area (Å²) >= 11 is 0. The fourth-order valence-corrected chi connectivity index (χ4v) is 1.12. The monoisotopic (exact) mass is 196 g/mol. The Bertz CT molecular complexity index is 301. The lowest BCUT2D eigenvalue weighted by molar-refractivity contribution is 0.286. The van der Waals surface area contributed by atoms with E-state index >= 15 is 0 Å². The van der Waals surface area contributed by atoms with E-state index in [0.717, 1.165) is 11.3 Å². The van der Waals surface area contributed by atoms with Crippen molar-refractivity contribution in [2.45, 2.75) is 13.8 Å². The van der Waals surface area contributed by atoms with Crippen LogP contribution in [0.1, 0.15) is 12.5 Å². The van der Waals surface area contributed by atoms with Crippen LogP contribution in [-0.4, -0.2) is 24.0 Å². The van der Waals surface area contributed by atoms with Crippen molar-refractivity contribution in [1.82, 2.24) is 0 Å². The molecule has 0 saturated carbocycles. The Morgan fingerprint density at radius 2 is 2.07 bits per heavy atom. The average molecular weight is 196 g/mol. The summed E-state index contributed by atoms with van der Waals surface area (Å²) in [5.74, 6) is 1.17. The summed E-state index contributed by atoms with van der Waals surface area (Å²) in [6.45, 7) is 4.31. The minimum Gasteiger partial charge on any atom is -0.512 e. The molecule has 0 amide bonds. The lowest BCUT2D eigenvalue weighted by Gasteiger charge is -2.10. The normalized spacial score (nSPS) is 9.71. The molecule has 1 aromatic rings. The van der Waals surface area contributed by atoms with Crippen LogP contribution in [-0.2, 0) is 0 Å². The molecule has 1 aromatic carbocycles. The van der Waals surface area contributed by atoms with Crippen molar-refractivity contribution >= 4 is 7.32 Å². The van der Waals surface area contributed by atoms with Crippen molar-refractivity contribution < 1.29 is 19.4 Å². The van der Waals surface area contributed by atoms with E-state index in [2.05, 4.69) is 0 Å². The Hall–Kier alpha value is -1.20. The second kappa shape index (κ2) is 4.88. The minimum absolute atomic E-state index is 0.434. The number of hydrogen-bond acceptors (Lipinski definition) is 4. The number of rotatable bonds is 4. The molecule has 2 N–H and O–H groups in total. The first-order valence-corrected chi connectivity index (χ1v) is 4.39. The Morgan fingerprint density at radius 1 is 1.36 bits per heavy atom. The molecule has 0 fully saturated rings. The van der Waals surface area contributed by atoms with Gasteiger partial charge in [-0.25, -0.2) is 0 Å². The molecule has 0 heterocycles. The first-order valence-electron chi connectivity index (χ1n) is 4.39. The zero-order valence-corrected chi connectivity index (χ0v) is 8.23. The maximum atomic E-state index is 8.60. The van der Waals surface area contributed by atoms with E-state index in [9.17, 15) is 0 Å². The highest BCUT2D eigenvalue weighted by atomic mass is 16.6. The molecule has 5 heteroatoms. The highest BCUT2D eigenvalue weighted by molar-refractivity contribution is 6.33. The zero-order valence-electron chi connectivity index (χ0n) is 8.23. The van der Waals surface area contributed by atoms with Crippen LogP contribution < -0.4 is 9.39 Å². The SMILES string of the molecule is CCOc1ccc(OB(O)O)c(C)c1. The molecule has 0 aliphatic heterocycles. The Balaban J connectivity index is 2.79. The van der Waals surface area contributed by atoms with E-state index in [4.69, 9.17) is 19.4 Å². The van der Waals surface area contributed by atoms with Gasteiger partial charge in [-0.3, -0.25) is 0 Å². The summed E-state index contributed by atoms with van der Waals surface area (Å²) in [7, 11) is -1.79. The van der Waals surface area contributed by atoms with Gasteiger partial charge in [0.2, 0.25) is 0 Å². The van der Waals surface area contributed by atoms with Gasteiger partial charge in [0, 0.05) is 0 Å². The first-order chi connectivity index (χ1) is 6.63. The van der Waals surface area contributed by atoms with Crippen LogP contribution in [0.2, 0.25) is 0 Å². The fraction of sp³-hybridized carbons (Fsp3) is 0.333. The largest absolute Gasteiger partial charge is 0.707 e. The number of hydrogen-bond donors (Lipinski definition) is 2. The molecule has 0 spiro atoms. The van der Waals surface area contributed by atoms with Crippen molar-refractivity contribution in [3.05, 3.63) is 23.8 Å². The van der Waals surface area contributed by atoms with Crippen molar-refractivity contribution in [3.8, 4) is 11.5 Å². The zero-order chi connectivity index (χ0) is 10.6. The molecule has 76 valence electrons. The molecule has 0 aliphatic carbocycles. The van der Waals surface area contributed by atoms with E-state index in [1.807, 2.05) is 6.92 Å². The topological polar surface area (TPSA) is 58.9 Å². The molecule has 0 aliphatic rings. The van der Waals surface area contributed by atoms with Crippen LogP contribution in [0.15, 0.2) is 18.2 Å². The Labute approximate surface area is 83.3 Å². The molecule has 14 heavy (non-hydrogen) atoms. The molecule has 0 atom stereocenters.